The molecule has 2 unspecified atom stereocenters. The van der Waals surface area contributed by atoms with Crippen molar-refractivity contribution in [2.24, 2.45) is 0 Å². The predicted octanol–water partition coefficient (Wildman–Crippen LogP) is 4.48. The molecular weight excluding hydrogens is 392 g/mol. The van der Waals surface area contributed by atoms with E-state index < -0.39 is 22.6 Å². The van der Waals surface area contributed by atoms with Gasteiger partial charge >= 0.3 is 5.63 Å². The number of para-hydroxylation sites is 1. The zero-order valence-electron chi connectivity index (χ0n) is 17.1. The van der Waals surface area contributed by atoms with Crippen molar-refractivity contribution in [1.82, 2.24) is 0 Å². The van der Waals surface area contributed by atoms with Gasteiger partial charge in [-0.1, -0.05) is 72.8 Å². The van der Waals surface area contributed by atoms with Crippen LogP contribution in [0.4, 0.5) is 0 Å². The number of Topliss-reactive ketones (excluding diaryl/α,β-unsaturated/α-hetero) is 1. The number of hydrogen-bond donors (Lipinski definition) is 1. The summed E-state index contributed by atoms with van der Waals surface area (Å²) in [7, 11) is 0. The molecule has 31 heavy (non-hydrogen) atoms. The minimum atomic E-state index is -1.98. The highest BCUT2D eigenvalue weighted by Crippen LogP contribution is 2.55. The fourth-order valence-corrected chi connectivity index (χ4v) is 4.50. The van der Waals surface area contributed by atoms with Gasteiger partial charge in [-0.05, 0) is 25.5 Å². The Kier molecular flexibility index (Phi) is 4.14. The number of ether oxygens (including phenoxy) is 1. The van der Waals surface area contributed by atoms with Gasteiger partial charge in [-0.2, -0.15) is 0 Å². The Morgan fingerprint density at radius 1 is 0.903 bits per heavy atom. The maximum atomic E-state index is 14.0. The number of ketones is 1. The second kappa shape index (κ2) is 6.65. The zero-order chi connectivity index (χ0) is 21.8. The monoisotopic (exact) mass is 412 g/mol. The van der Waals surface area contributed by atoms with Crippen LogP contribution in [0.2, 0.25) is 0 Å². The average molecular weight is 412 g/mol. The first-order valence-corrected chi connectivity index (χ1v) is 10.0. The van der Waals surface area contributed by atoms with Gasteiger partial charge in [0.1, 0.15) is 22.5 Å². The summed E-state index contributed by atoms with van der Waals surface area (Å²) >= 11 is 0. The molecule has 1 aliphatic rings. The van der Waals surface area contributed by atoms with E-state index in [-0.39, 0.29) is 11.3 Å². The van der Waals surface area contributed by atoms with E-state index in [0.29, 0.717) is 22.1 Å². The Hall–Kier alpha value is -3.70. The minimum Gasteiger partial charge on any atom is -0.469 e. The SMILES string of the molecule is Cc1cccc2c3c(c(=O)oc12)C(C)(O)C(C(=O)c1ccccc1)(c1ccccc1)O3. The van der Waals surface area contributed by atoms with E-state index in [2.05, 4.69) is 0 Å². The molecule has 1 aliphatic heterocycles. The van der Waals surface area contributed by atoms with Gasteiger partial charge in [-0.25, -0.2) is 4.79 Å². The fourth-order valence-electron chi connectivity index (χ4n) is 4.50. The summed E-state index contributed by atoms with van der Waals surface area (Å²) in [5, 5.41) is 12.4. The Labute approximate surface area is 178 Å². The maximum Gasteiger partial charge on any atom is 0.346 e. The average Bonchev–Trinajstić information content (AvgIpc) is 3.04. The molecule has 5 nitrogen and oxygen atoms in total. The molecule has 0 bridgehead atoms. The lowest BCUT2D eigenvalue weighted by atomic mass is 9.72. The van der Waals surface area contributed by atoms with Crippen molar-refractivity contribution in [3.63, 3.8) is 0 Å². The Morgan fingerprint density at radius 2 is 1.55 bits per heavy atom. The minimum absolute atomic E-state index is 0.0567. The fraction of sp³-hybridized carbons (Fsp3) is 0.154. The van der Waals surface area contributed by atoms with Gasteiger partial charge in [0, 0.05) is 11.1 Å². The van der Waals surface area contributed by atoms with Crippen molar-refractivity contribution in [1.29, 1.82) is 0 Å². The number of aliphatic hydroxyl groups is 1. The largest absolute Gasteiger partial charge is 0.469 e. The molecule has 2 atom stereocenters. The zero-order valence-corrected chi connectivity index (χ0v) is 17.1. The smallest absolute Gasteiger partial charge is 0.346 e. The van der Waals surface area contributed by atoms with E-state index in [9.17, 15) is 14.7 Å². The van der Waals surface area contributed by atoms with Crippen molar-refractivity contribution in [3.8, 4) is 5.75 Å². The van der Waals surface area contributed by atoms with Crippen LogP contribution in [0, 0.1) is 6.92 Å². The number of rotatable bonds is 3. The summed E-state index contributed by atoms with van der Waals surface area (Å²) in [5.41, 5.74) is -2.67. The molecular formula is C26H20O5. The molecule has 0 fully saturated rings. The molecule has 4 aromatic rings. The molecule has 0 radical (unpaired) electrons. The van der Waals surface area contributed by atoms with Gasteiger partial charge in [0.25, 0.3) is 0 Å². The molecule has 1 aromatic heterocycles. The summed E-state index contributed by atoms with van der Waals surface area (Å²) in [6.07, 6.45) is 0. The van der Waals surface area contributed by atoms with Crippen molar-refractivity contribution >= 4 is 16.8 Å². The molecule has 2 heterocycles. The topological polar surface area (TPSA) is 76.7 Å². The summed E-state index contributed by atoms with van der Waals surface area (Å²) in [5.74, 6) is -0.270. The second-order valence-corrected chi connectivity index (χ2v) is 7.96. The number of hydrogen-bond acceptors (Lipinski definition) is 5. The summed E-state index contributed by atoms with van der Waals surface area (Å²) in [6, 6.07) is 22.8. The quantitative estimate of drug-likeness (QED) is 0.397. The number of fused-ring (bicyclic) bond motifs is 3. The number of carbonyl (C=O) groups excluding carboxylic acids is 1. The lowest BCUT2D eigenvalue weighted by molar-refractivity contribution is -0.0839. The number of aryl methyl sites for hydroxylation is 1. The van der Waals surface area contributed by atoms with Gasteiger partial charge in [0.2, 0.25) is 11.4 Å². The van der Waals surface area contributed by atoms with Crippen LogP contribution >= 0.6 is 0 Å². The van der Waals surface area contributed by atoms with Crippen molar-refractivity contribution in [2.75, 3.05) is 0 Å². The molecule has 1 N–H and O–H groups in total. The molecule has 3 aromatic carbocycles. The van der Waals surface area contributed by atoms with Crippen LogP contribution < -0.4 is 10.4 Å². The molecule has 0 saturated carbocycles. The van der Waals surface area contributed by atoms with Crippen LogP contribution in [0.3, 0.4) is 0 Å². The normalized spacial score (nSPS) is 22.2. The lowest BCUT2D eigenvalue weighted by Crippen LogP contribution is -2.54. The van der Waals surface area contributed by atoms with Gasteiger partial charge in [0.05, 0.1) is 5.39 Å². The highest BCUT2D eigenvalue weighted by Gasteiger charge is 2.65. The third-order valence-electron chi connectivity index (χ3n) is 6.05. The van der Waals surface area contributed by atoms with Gasteiger partial charge in [-0.15, -0.1) is 0 Å². The number of benzene rings is 3. The summed E-state index contributed by atoms with van der Waals surface area (Å²) in [4.78, 5) is 27.0. The van der Waals surface area contributed by atoms with Crippen LogP contribution in [0.5, 0.6) is 5.75 Å². The van der Waals surface area contributed by atoms with E-state index in [1.165, 1.54) is 6.92 Å². The molecule has 154 valence electrons. The molecule has 0 spiro atoms. The summed E-state index contributed by atoms with van der Waals surface area (Å²) in [6.45, 7) is 3.26. The molecule has 0 saturated heterocycles. The van der Waals surface area contributed by atoms with Crippen LogP contribution in [-0.2, 0) is 11.2 Å². The van der Waals surface area contributed by atoms with Crippen LogP contribution in [0.1, 0.15) is 34.0 Å². The maximum absolute atomic E-state index is 14.0. The first-order chi connectivity index (χ1) is 14.9. The Morgan fingerprint density at radius 3 is 2.23 bits per heavy atom. The second-order valence-electron chi connectivity index (χ2n) is 7.96. The van der Waals surface area contributed by atoms with E-state index in [1.807, 2.05) is 25.1 Å². The highest BCUT2D eigenvalue weighted by molar-refractivity contribution is 6.06. The van der Waals surface area contributed by atoms with Crippen LogP contribution in [0.15, 0.2) is 88.1 Å². The Balaban J connectivity index is 1.87. The third kappa shape index (κ3) is 2.53. The van der Waals surface area contributed by atoms with E-state index in [4.69, 9.17) is 9.15 Å². The third-order valence-corrected chi connectivity index (χ3v) is 6.05. The van der Waals surface area contributed by atoms with Crippen LogP contribution in [0.25, 0.3) is 11.0 Å². The molecule has 0 amide bonds. The van der Waals surface area contributed by atoms with E-state index in [1.54, 1.807) is 60.7 Å². The Bertz CT molecular complexity index is 1370. The van der Waals surface area contributed by atoms with Gasteiger partial charge < -0.3 is 14.3 Å². The highest BCUT2D eigenvalue weighted by atomic mass is 16.5. The number of carbonyl (C=O) groups is 1. The lowest BCUT2D eigenvalue weighted by Gasteiger charge is -2.37. The standard InChI is InChI=1S/C26H20O5/c1-16-10-9-15-19-21(16)30-24(28)20-22(19)31-26(25(20,2)29,18-13-7-4-8-14-18)23(27)17-11-5-3-6-12-17/h3-15,29H,1-2H3. The molecule has 5 rings (SSSR count). The van der Waals surface area contributed by atoms with Gasteiger partial charge in [0.15, 0.2) is 0 Å². The molecule has 5 heteroatoms. The van der Waals surface area contributed by atoms with E-state index in [0.717, 1.165) is 5.56 Å². The van der Waals surface area contributed by atoms with Gasteiger partial charge in [-0.3, -0.25) is 4.79 Å². The van der Waals surface area contributed by atoms with Crippen LogP contribution in [-0.4, -0.2) is 10.9 Å². The molecule has 0 aliphatic carbocycles. The predicted molar refractivity (Wildman–Crippen MR) is 116 cm³/mol. The van der Waals surface area contributed by atoms with E-state index >= 15 is 0 Å². The van der Waals surface area contributed by atoms with Crippen molar-refractivity contribution in [3.05, 3.63) is 112 Å². The first-order valence-electron chi connectivity index (χ1n) is 10.0. The summed E-state index contributed by atoms with van der Waals surface area (Å²) < 4.78 is 12.0. The first kappa shape index (κ1) is 19.3. The van der Waals surface area contributed by atoms with Crippen molar-refractivity contribution in [2.45, 2.75) is 25.0 Å². The van der Waals surface area contributed by atoms with Crippen molar-refractivity contribution < 1.29 is 19.1 Å².